The van der Waals surface area contributed by atoms with Crippen molar-refractivity contribution in [3.63, 3.8) is 0 Å². The lowest BCUT2D eigenvalue weighted by atomic mass is 10.1. The number of hydrogen-bond donors (Lipinski definition) is 1. The number of rotatable bonds is 6. The molecule has 1 rings (SSSR count). The molecule has 0 unspecified atom stereocenters. The Labute approximate surface area is 139 Å². The summed E-state index contributed by atoms with van der Waals surface area (Å²) < 4.78 is 38.9. The average Bonchev–Trinajstić information content (AvgIpc) is 2.79. The average molecular weight is 342 g/mol. The Morgan fingerprint density at radius 3 is 2.50 bits per heavy atom. The number of hydrogen-bond acceptors (Lipinski definition) is 2. The first-order valence-corrected chi connectivity index (χ1v) is 7.40. The molecule has 24 heavy (non-hydrogen) atoms. The van der Waals surface area contributed by atoms with Gasteiger partial charge in [0.05, 0.1) is 5.69 Å². The summed E-state index contributed by atoms with van der Waals surface area (Å²) in [7, 11) is 0. The Morgan fingerprint density at radius 2 is 2.00 bits per heavy atom. The zero-order valence-corrected chi connectivity index (χ0v) is 14.1. The highest BCUT2D eigenvalue weighted by atomic mass is 19.4. The van der Waals surface area contributed by atoms with Crippen LogP contribution in [0.1, 0.15) is 45.0 Å². The molecule has 0 fully saturated rings. The van der Waals surface area contributed by atoms with Gasteiger partial charge < -0.3 is 5.11 Å². The van der Waals surface area contributed by atoms with Crippen LogP contribution >= 0.6 is 0 Å². The molecule has 1 aromatic heterocycles. The van der Waals surface area contributed by atoms with Crippen molar-refractivity contribution < 1.29 is 23.1 Å². The second kappa shape index (κ2) is 7.99. The van der Waals surface area contributed by atoms with Gasteiger partial charge in [-0.3, -0.25) is 4.68 Å². The molecule has 0 aromatic carbocycles. The predicted octanol–water partition coefficient (Wildman–Crippen LogP) is 4.56. The van der Waals surface area contributed by atoms with Gasteiger partial charge >= 0.3 is 12.1 Å². The molecular formula is C17H21F3N2O2. The van der Waals surface area contributed by atoms with Crippen LogP contribution in [0.5, 0.6) is 0 Å². The molecule has 1 N–H and O–H groups in total. The van der Waals surface area contributed by atoms with Crippen LogP contribution in [-0.4, -0.2) is 27.0 Å². The molecule has 0 amide bonds. The largest absolute Gasteiger partial charge is 0.478 e. The second-order valence-corrected chi connectivity index (χ2v) is 5.82. The van der Waals surface area contributed by atoms with Crippen LogP contribution in [0.15, 0.2) is 35.9 Å². The van der Waals surface area contributed by atoms with Crippen molar-refractivity contribution in [2.75, 3.05) is 0 Å². The zero-order valence-electron chi connectivity index (χ0n) is 14.1. The first kappa shape index (κ1) is 19.7. The van der Waals surface area contributed by atoms with E-state index < -0.39 is 18.7 Å². The molecule has 0 aliphatic rings. The number of nitrogens with zero attached hydrogens (tertiary/aromatic N) is 2. The lowest BCUT2D eigenvalue weighted by Gasteiger charge is -2.11. The minimum absolute atomic E-state index is 0.0855. The van der Waals surface area contributed by atoms with E-state index >= 15 is 0 Å². The smallest absolute Gasteiger partial charge is 0.408 e. The fourth-order valence-corrected chi connectivity index (χ4v) is 2.06. The lowest BCUT2D eigenvalue weighted by molar-refractivity contribution is -0.143. The van der Waals surface area contributed by atoms with Crippen LogP contribution in [0.2, 0.25) is 0 Å². The third kappa shape index (κ3) is 6.44. The molecule has 0 aliphatic carbocycles. The maximum absolute atomic E-state index is 12.7. The first-order valence-electron chi connectivity index (χ1n) is 7.40. The van der Waals surface area contributed by atoms with Crippen molar-refractivity contribution >= 4 is 11.5 Å². The van der Waals surface area contributed by atoms with Gasteiger partial charge in [0.15, 0.2) is 0 Å². The van der Waals surface area contributed by atoms with Gasteiger partial charge in [0.2, 0.25) is 0 Å². The number of aliphatic carboxylic acids is 1. The molecule has 0 saturated heterocycles. The van der Waals surface area contributed by atoms with Crippen LogP contribution in [0.25, 0.3) is 5.57 Å². The van der Waals surface area contributed by atoms with E-state index in [1.54, 1.807) is 38.1 Å². The monoisotopic (exact) mass is 342 g/mol. The van der Waals surface area contributed by atoms with Gasteiger partial charge in [-0.05, 0) is 37.0 Å². The van der Waals surface area contributed by atoms with Crippen LogP contribution in [0.3, 0.4) is 0 Å². The van der Waals surface area contributed by atoms with Crippen LogP contribution in [0, 0.1) is 0 Å². The SMILES string of the molecule is CC(/C=C/C=C(\C)c1cc(C(C)C)n(CC(F)(F)F)n1)=C\C(=O)O. The van der Waals surface area contributed by atoms with Crippen molar-refractivity contribution in [1.82, 2.24) is 9.78 Å². The van der Waals surface area contributed by atoms with E-state index in [0.717, 1.165) is 10.8 Å². The first-order chi connectivity index (χ1) is 11.0. The quantitative estimate of drug-likeness (QED) is 0.609. The van der Waals surface area contributed by atoms with E-state index in [1.165, 1.54) is 0 Å². The van der Waals surface area contributed by atoms with E-state index in [4.69, 9.17) is 5.11 Å². The third-order valence-corrected chi connectivity index (χ3v) is 3.19. The Morgan fingerprint density at radius 1 is 1.38 bits per heavy atom. The van der Waals surface area contributed by atoms with E-state index in [0.29, 0.717) is 22.5 Å². The van der Waals surface area contributed by atoms with Crippen molar-refractivity contribution in [3.05, 3.63) is 47.3 Å². The van der Waals surface area contributed by atoms with Crippen molar-refractivity contribution in [2.45, 2.75) is 46.3 Å². The third-order valence-electron chi connectivity index (χ3n) is 3.19. The van der Waals surface area contributed by atoms with E-state index in [2.05, 4.69) is 5.10 Å². The molecule has 132 valence electrons. The summed E-state index contributed by atoms with van der Waals surface area (Å²) in [4.78, 5) is 10.5. The number of carboxylic acids is 1. The molecule has 0 bridgehead atoms. The second-order valence-electron chi connectivity index (χ2n) is 5.82. The minimum Gasteiger partial charge on any atom is -0.478 e. The summed E-state index contributed by atoms with van der Waals surface area (Å²) >= 11 is 0. The molecule has 7 heteroatoms. The number of carboxylic acid groups (broad SMARTS) is 1. The zero-order chi connectivity index (χ0) is 18.5. The highest BCUT2D eigenvalue weighted by molar-refractivity contribution is 5.81. The number of halogens is 3. The number of alkyl halides is 3. The van der Waals surface area contributed by atoms with Gasteiger partial charge in [0.25, 0.3) is 0 Å². The normalized spacial score (nSPS) is 14.0. The molecule has 1 heterocycles. The molecule has 1 aromatic rings. The molecule has 0 aliphatic heterocycles. The topological polar surface area (TPSA) is 55.1 Å². The lowest BCUT2D eigenvalue weighted by Crippen LogP contribution is -2.20. The summed E-state index contributed by atoms with van der Waals surface area (Å²) in [6.45, 7) is 5.89. The van der Waals surface area contributed by atoms with E-state index in [1.807, 2.05) is 13.8 Å². The molecule has 4 nitrogen and oxygen atoms in total. The Bertz CT molecular complexity index is 680. The predicted molar refractivity (Wildman–Crippen MR) is 86.6 cm³/mol. The molecule has 0 spiro atoms. The Balaban J connectivity index is 3.04. The fraction of sp³-hybridized carbons (Fsp3) is 0.412. The number of aromatic nitrogens is 2. The highest BCUT2D eigenvalue weighted by Gasteiger charge is 2.30. The maximum Gasteiger partial charge on any atom is 0.408 e. The highest BCUT2D eigenvalue weighted by Crippen LogP contribution is 2.24. The van der Waals surface area contributed by atoms with Gasteiger partial charge in [-0.25, -0.2) is 4.79 Å². The van der Waals surface area contributed by atoms with Crippen LogP contribution in [0.4, 0.5) is 13.2 Å². The summed E-state index contributed by atoms with van der Waals surface area (Å²) in [5, 5.41) is 12.7. The Hall–Kier alpha value is -2.31. The maximum atomic E-state index is 12.7. The minimum atomic E-state index is -4.33. The van der Waals surface area contributed by atoms with Gasteiger partial charge in [-0.15, -0.1) is 0 Å². The fourth-order valence-electron chi connectivity index (χ4n) is 2.06. The van der Waals surface area contributed by atoms with Crippen molar-refractivity contribution in [2.24, 2.45) is 0 Å². The summed E-state index contributed by atoms with van der Waals surface area (Å²) in [5.41, 5.74) is 2.22. The molecular weight excluding hydrogens is 321 g/mol. The van der Waals surface area contributed by atoms with Crippen molar-refractivity contribution in [1.29, 1.82) is 0 Å². The van der Waals surface area contributed by atoms with Gasteiger partial charge in [-0.1, -0.05) is 32.1 Å². The summed E-state index contributed by atoms with van der Waals surface area (Å²) in [6.07, 6.45) is 1.66. The van der Waals surface area contributed by atoms with Crippen molar-refractivity contribution in [3.8, 4) is 0 Å². The molecule has 0 saturated carbocycles. The van der Waals surface area contributed by atoms with E-state index in [9.17, 15) is 18.0 Å². The molecule has 0 atom stereocenters. The number of allylic oxidation sites excluding steroid dienone is 5. The van der Waals surface area contributed by atoms with Gasteiger partial charge in [0, 0.05) is 11.8 Å². The Kier molecular flexibility index (Phi) is 6.57. The van der Waals surface area contributed by atoms with Gasteiger partial charge in [0.1, 0.15) is 6.54 Å². The van der Waals surface area contributed by atoms with Crippen LogP contribution in [-0.2, 0) is 11.3 Å². The van der Waals surface area contributed by atoms with Crippen LogP contribution < -0.4 is 0 Å². The van der Waals surface area contributed by atoms with Gasteiger partial charge in [-0.2, -0.15) is 18.3 Å². The standard InChI is InChI=1S/C17H21F3N2O2/c1-11(2)15-9-14(21-22(15)10-17(18,19)20)13(4)7-5-6-12(3)8-16(23)24/h5-9,11H,10H2,1-4H3,(H,23,24)/b6-5+,12-8+,13-7+. The molecule has 0 radical (unpaired) electrons. The summed E-state index contributed by atoms with van der Waals surface area (Å²) in [6, 6.07) is 1.65. The number of carbonyl (C=O) groups is 1. The summed E-state index contributed by atoms with van der Waals surface area (Å²) in [5.74, 6) is -1.12. The van der Waals surface area contributed by atoms with E-state index in [-0.39, 0.29) is 5.92 Å².